The second kappa shape index (κ2) is 6.28. The van der Waals surface area contributed by atoms with Gasteiger partial charge in [-0.25, -0.2) is 4.79 Å². The van der Waals surface area contributed by atoms with Crippen LogP contribution < -0.4 is 5.32 Å². The van der Waals surface area contributed by atoms with E-state index in [1.54, 1.807) is 4.90 Å². The van der Waals surface area contributed by atoms with E-state index < -0.39 is 0 Å². The Labute approximate surface area is 72.7 Å². The standard InChI is InChI=1S/C7H15ClN2O/c1-3-9-7(11)10(4-2)6-5-8/h3-6H2,1-2H3,(H,9,11). The molecule has 1 N–H and O–H groups in total. The van der Waals surface area contributed by atoms with Gasteiger partial charge in [0.25, 0.3) is 0 Å². The Morgan fingerprint density at radius 3 is 2.55 bits per heavy atom. The zero-order valence-electron chi connectivity index (χ0n) is 7.06. The Kier molecular flexibility index (Phi) is 6.03. The number of nitrogens with one attached hydrogen (secondary N) is 1. The lowest BCUT2D eigenvalue weighted by Crippen LogP contribution is -2.40. The van der Waals surface area contributed by atoms with Crippen molar-refractivity contribution < 1.29 is 4.79 Å². The number of nitrogens with zero attached hydrogens (tertiary/aromatic N) is 1. The van der Waals surface area contributed by atoms with E-state index in [1.807, 2.05) is 13.8 Å². The second-order valence-corrected chi connectivity index (χ2v) is 2.48. The summed E-state index contributed by atoms with van der Waals surface area (Å²) in [5, 5.41) is 2.71. The quantitative estimate of drug-likeness (QED) is 0.647. The van der Waals surface area contributed by atoms with Crippen LogP contribution in [-0.4, -0.2) is 36.4 Å². The zero-order valence-corrected chi connectivity index (χ0v) is 7.82. The third-order valence-electron chi connectivity index (χ3n) is 1.35. The number of rotatable bonds is 4. The Morgan fingerprint density at radius 1 is 1.55 bits per heavy atom. The summed E-state index contributed by atoms with van der Waals surface area (Å²) in [7, 11) is 0. The van der Waals surface area contributed by atoms with E-state index >= 15 is 0 Å². The lowest BCUT2D eigenvalue weighted by Gasteiger charge is -2.19. The molecule has 2 amide bonds. The molecule has 66 valence electrons. The minimum atomic E-state index is -0.0318. The summed E-state index contributed by atoms with van der Waals surface area (Å²) in [6, 6.07) is -0.0318. The van der Waals surface area contributed by atoms with Gasteiger partial charge in [0.2, 0.25) is 0 Å². The molecule has 4 heteroatoms. The van der Waals surface area contributed by atoms with E-state index in [2.05, 4.69) is 5.32 Å². The summed E-state index contributed by atoms with van der Waals surface area (Å²) in [4.78, 5) is 12.8. The number of alkyl halides is 1. The highest BCUT2D eigenvalue weighted by atomic mass is 35.5. The molecule has 3 nitrogen and oxygen atoms in total. The van der Waals surface area contributed by atoms with Gasteiger partial charge in [0, 0.05) is 25.5 Å². The molecule has 0 aliphatic rings. The molecule has 0 aromatic rings. The van der Waals surface area contributed by atoms with Crippen molar-refractivity contribution >= 4 is 17.6 Å². The summed E-state index contributed by atoms with van der Waals surface area (Å²) in [6.07, 6.45) is 0. The maximum Gasteiger partial charge on any atom is 0.317 e. The first-order chi connectivity index (χ1) is 5.26. The van der Waals surface area contributed by atoms with E-state index in [0.717, 1.165) is 0 Å². The van der Waals surface area contributed by atoms with Gasteiger partial charge >= 0.3 is 6.03 Å². The van der Waals surface area contributed by atoms with Crippen LogP contribution >= 0.6 is 11.6 Å². The highest BCUT2D eigenvalue weighted by molar-refractivity contribution is 6.18. The van der Waals surface area contributed by atoms with E-state index in [-0.39, 0.29) is 6.03 Å². The second-order valence-electron chi connectivity index (χ2n) is 2.10. The molecular weight excluding hydrogens is 164 g/mol. The van der Waals surface area contributed by atoms with Gasteiger partial charge in [-0.2, -0.15) is 0 Å². The number of carbonyl (C=O) groups is 1. The first-order valence-corrected chi connectivity index (χ1v) is 4.38. The maximum absolute atomic E-state index is 11.1. The van der Waals surface area contributed by atoms with Crippen molar-refractivity contribution in [3.05, 3.63) is 0 Å². The number of carbonyl (C=O) groups excluding carboxylic acids is 1. The van der Waals surface area contributed by atoms with E-state index in [9.17, 15) is 4.79 Å². The molecular formula is C7H15ClN2O. The fraction of sp³-hybridized carbons (Fsp3) is 0.857. The minimum Gasteiger partial charge on any atom is -0.338 e. The lowest BCUT2D eigenvalue weighted by molar-refractivity contribution is 0.204. The van der Waals surface area contributed by atoms with Crippen molar-refractivity contribution in [1.82, 2.24) is 10.2 Å². The molecule has 0 atom stereocenters. The lowest BCUT2D eigenvalue weighted by atomic mass is 10.5. The van der Waals surface area contributed by atoms with Crippen molar-refractivity contribution in [3.8, 4) is 0 Å². The topological polar surface area (TPSA) is 32.3 Å². The van der Waals surface area contributed by atoms with E-state index in [0.29, 0.717) is 25.5 Å². The monoisotopic (exact) mass is 178 g/mol. The van der Waals surface area contributed by atoms with Gasteiger partial charge in [-0.1, -0.05) is 0 Å². The molecule has 0 rings (SSSR count). The molecule has 0 heterocycles. The predicted octanol–water partition coefficient (Wildman–Crippen LogP) is 1.28. The van der Waals surface area contributed by atoms with Crippen LogP contribution in [0.1, 0.15) is 13.8 Å². The molecule has 0 unspecified atom stereocenters. The SMILES string of the molecule is CCNC(=O)N(CC)CCCl. The molecule has 0 saturated heterocycles. The third-order valence-corrected chi connectivity index (χ3v) is 1.52. The van der Waals surface area contributed by atoms with Crippen molar-refractivity contribution in [3.63, 3.8) is 0 Å². The average Bonchev–Trinajstić information content (AvgIpc) is 2.00. The summed E-state index contributed by atoms with van der Waals surface area (Å²) in [5.41, 5.74) is 0. The largest absolute Gasteiger partial charge is 0.338 e. The van der Waals surface area contributed by atoms with Crippen molar-refractivity contribution in [1.29, 1.82) is 0 Å². The molecule has 0 radical (unpaired) electrons. The van der Waals surface area contributed by atoms with Crippen LogP contribution in [-0.2, 0) is 0 Å². The van der Waals surface area contributed by atoms with Crippen LogP contribution in [0.4, 0.5) is 4.79 Å². The van der Waals surface area contributed by atoms with E-state index in [4.69, 9.17) is 11.6 Å². The number of halogens is 1. The van der Waals surface area contributed by atoms with Crippen LogP contribution in [0.15, 0.2) is 0 Å². The van der Waals surface area contributed by atoms with Gasteiger partial charge in [0.1, 0.15) is 0 Å². The molecule has 0 aliphatic heterocycles. The van der Waals surface area contributed by atoms with Crippen molar-refractivity contribution in [2.45, 2.75) is 13.8 Å². The molecule has 0 aromatic carbocycles. The zero-order chi connectivity index (χ0) is 8.69. The van der Waals surface area contributed by atoms with Crippen LogP contribution in [0, 0.1) is 0 Å². The molecule has 0 aromatic heterocycles. The average molecular weight is 179 g/mol. The molecule has 0 fully saturated rings. The third kappa shape index (κ3) is 4.09. The van der Waals surface area contributed by atoms with Gasteiger partial charge < -0.3 is 10.2 Å². The summed E-state index contributed by atoms with van der Waals surface area (Å²) in [5.74, 6) is 0.491. The fourth-order valence-electron chi connectivity index (χ4n) is 0.768. The van der Waals surface area contributed by atoms with Gasteiger partial charge in [-0.15, -0.1) is 11.6 Å². The Morgan fingerprint density at radius 2 is 2.18 bits per heavy atom. The number of hydrogen-bond acceptors (Lipinski definition) is 1. The van der Waals surface area contributed by atoms with Crippen LogP contribution in [0.2, 0.25) is 0 Å². The molecule has 0 spiro atoms. The predicted molar refractivity (Wildman–Crippen MR) is 47.0 cm³/mol. The first kappa shape index (κ1) is 10.6. The van der Waals surface area contributed by atoms with Crippen LogP contribution in [0.3, 0.4) is 0 Å². The summed E-state index contributed by atoms with van der Waals surface area (Å²) < 4.78 is 0. The molecule has 11 heavy (non-hydrogen) atoms. The van der Waals surface area contributed by atoms with Gasteiger partial charge in [-0.05, 0) is 13.8 Å². The Hall–Kier alpha value is -0.440. The van der Waals surface area contributed by atoms with Crippen molar-refractivity contribution in [2.24, 2.45) is 0 Å². The molecule has 0 aliphatic carbocycles. The van der Waals surface area contributed by atoms with Crippen LogP contribution in [0.5, 0.6) is 0 Å². The number of amides is 2. The van der Waals surface area contributed by atoms with Gasteiger partial charge in [0.05, 0.1) is 0 Å². The first-order valence-electron chi connectivity index (χ1n) is 3.85. The normalized spacial score (nSPS) is 9.36. The van der Waals surface area contributed by atoms with Gasteiger partial charge in [-0.3, -0.25) is 0 Å². The Balaban J connectivity index is 3.71. The van der Waals surface area contributed by atoms with Crippen molar-refractivity contribution in [2.75, 3.05) is 25.5 Å². The smallest absolute Gasteiger partial charge is 0.317 e. The van der Waals surface area contributed by atoms with E-state index in [1.165, 1.54) is 0 Å². The maximum atomic E-state index is 11.1. The summed E-state index contributed by atoms with van der Waals surface area (Å²) in [6.45, 7) is 5.81. The highest BCUT2D eigenvalue weighted by Gasteiger charge is 2.07. The highest BCUT2D eigenvalue weighted by Crippen LogP contribution is 1.89. The minimum absolute atomic E-state index is 0.0318. The fourth-order valence-corrected chi connectivity index (χ4v) is 0.972. The molecule has 0 bridgehead atoms. The molecule has 0 saturated carbocycles. The van der Waals surface area contributed by atoms with Crippen LogP contribution in [0.25, 0.3) is 0 Å². The number of hydrogen-bond donors (Lipinski definition) is 1. The summed E-state index contributed by atoms with van der Waals surface area (Å²) >= 11 is 5.50. The number of urea groups is 1. The van der Waals surface area contributed by atoms with Gasteiger partial charge in [0.15, 0.2) is 0 Å². The Bertz CT molecular complexity index is 119.